The second kappa shape index (κ2) is 7.88. The van der Waals surface area contributed by atoms with Crippen molar-refractivity contribution in [1.82, 2.24) is 15.1 Å². The van der Waals surface area contributed by atoms with Crippen LogP contribution in [0.4, 0.5) is 4.79 Å². The number of thioether (sulfide) groups is 1. The van der Waals surface area contributed by atoms with E-state index in [-0.39, 0.29) is 6.03 Å². The Labute approximate surface area is 137 Å². The first-order valence-corrected chi connectivity index (χ1v) is 9.37. The summed E-state index contributed by atoms with van der Waals surface area (Å²) < 4.78 is 0. The fourth-order valence-electron chi connectivity index (χ4n) is 3.20. The molecule has 1 atom stereocenters. The van der Waals surface area contributed by atoms with Crippen LogP contribution in [0.5, 0.6) is 0 Å². The van der Waals surface area contributed by atoms with Gasteiger partial charge in [0.1, 0.15) is 0 Å². The first-order chi connectivity index (χ1) is 10.8. The molecule has 2 amide bonds. The second-order valence-electron chi connectivity index (χ2n) is 6.04. The van der Waals surface area contributed by atoms with Gasteiger partial charge in [0.05, 0.1) is 0 Å². The van der Waals surface area contributed by atoms with Crippen molar-refractivity contribution in [2.75, 3.05) is 37.7 Å². The lowest BCUT2D eigenvalue weighted by molar-refractivity contribution is 0.191. The molecule has 0 bridgehead atoms. The van der Waals surface area contributed by atoms with Gasteiger partial charge in [-0.15, -0.1) is 0 Å². The summed E-state index contributed by atoms with van der Waals surface area (Å²) in [6.07, 6.45) is 2.39. The summed E-state index contributed by atoms with van der Waals surface area (Å²) in [5, 5.41) is 3.05. The van der Waals surface area contributed by atoms with Gasteiger partial charge in [-0.25, -0.2) is 4.79 Å². The molecule has 1 N–H and O–H groups in total. The Bertz CT molecular complexity index is 476. The van der Waals surface area contributed by atoms with E-state index in [9.17, 15) is 4.79 Å². The molecule has 0 radical (unpaired) electrons. The number of urea groups is 1. The molecule has 0 aromatic heterocycles. The van der Waals surface area contributed by atoms with Crippen molar-refractivity contribution in [2.45, 2.75) is 25.4 Å². The molecule has 2 fully saturated rings. The average Bonchev–Trinajstić information content (AvgIpc) is 2.98. The Hall–Kier alpha value is -1.20. The molecular formula is C17H25N3OS. The van der Waals surface area contributed by atoms with Crippen LogP contribution in [0, 0.1) is 0 Å². The third kappa shape index (κ3) is 4.17. The van der Waals surface area contributed by atoms with E-state index in [0.29, 0.717) is 6.54 Å². The summed E-state index contributed by atoms with van der Waals surface area (Å²) in [5.74, 6) is 2.56. The number of carbonyl (C=O) groups excluding carboxylic acids is 1. The third-order valence-electron chi connectivity index (χ3n) is 4.53. The minimum Gasteiger partial charge on any atom is -0.334 e. The molecule has 0 saturated carbocycles. The van der Waals surface area contributed by atoms with Crippen LogP contribution in [0.25, 0.3) is 0 Å². The third-order valence-corrected chi connectivity index (χ3v) is 5.67. The first kappa shape index (κ1) is 15.7. The van der Waals surface area contributed by atoms with E-state index in [1.165, 1.54) is 17.9 Å². The van der Waals surface area contributed by atoms with E-state index in [1.807, 2.05) is 35.2 Å². The number of nitrogens with zero attached hydrogens (tertiary/aromatic N) is 2. The van der Waals surface area contributed by atoms with E-state index >= 15 is 0 Å². The molecule has 22 heavy (non-hydrogen) atoms. The molecule has 2 saturated heterocycles. The molecule has 1 aromatic carbocycles. The van der Waals surface area contributed by atoms with Crippen molar-refractivity contribution in [3.8, 4) is 0 Å². The maximum Gasteiger partial charge on any atom is 0.317 e. The number of carbonyl (C=O) groups is 1. The van der Waals surface area contributed by atoms with Crippen molar-refractivity contribution in [3.05, 3.63) is 35.9 Å². The van der Waals surface area contributed by atoms with E-state index in [4.69, 9.17) is 0 Å². The Kier molecular flexibility index (Phi) is 5.62. The summed E-state index contributed by atoms with van der Waals surface area (Å²) in [5.41, 5.74) is 1.15. The largest absolute Gasteiger partial charge is 0.334 e. The van der Waals surface area contributed by atoms with Gasteiger partial charge in [-0.3, -0.25) is 4.90 Å². The lowest BCUT2D eigenvalue weighted by Gasteiger charge is -2.26. The standard InChI is InChI=1S/C17H25N3OS/c21-17(18-13-15-5-2-1-3-6-15)20-9-4-8-19(10-11-20)16-7-12-22-14-16/h1-3,5-6,16H,4,7-14H2,(H,18,21). The molecule has 2 aliphatic heterocycles. The molecule has 5 heteroatoms. The summed E-state index contributed by atoms with van der Waals surface area (Å²) >= 11 is 2.06. The SMILES string of the molecule is O=C(NCc1ccccc1)N1CCCN(C2CCSC2)CC1. The molecule has 1 unspecified atom stereocenters. The van der Waals surface area contributed by atoms with Gasteiger partial charge in [-0.2, -0.15) is 11.8 Å². The molecule has 4 nitrogen and oxygen atoms in total. The molecule has 2 aliphatic rings. The van der Waals surface area contributed by atoms with Crippen LogP contribution < -0.4 is 5.32 Å². The van der Waals surface area contributed by atoms with Crippen molar-refractivity contribution in [1.29, 1.82) is 0 Å². The Morgan fingerprint density at radius 1 is 1.18 bits per heavy atom. The molecule has 120 valence electrons. The molecular weight excluding hydrogens is 294 g/mol. The molecule has 0 spiro atoms. The zero-order chi connectivity index (χ0) is 15.2. The minimum atomic E-state index is 0.0755. The number of benzene rings is 1. The fraction of sp³-hybridized carbons (Fsp3) is 0.588. The lowest BCUT2D eigenvalue weighted by Crippen LogP contribution is -2.43. The smallest absolute Gasteiger partial charge is 0.317 e. The first-order valence-electron chi connectivity index (χ1n) is 8.21. The predicted octanol–water partition coefficient (Wildman–Crippen LogP) is 2.41. The van der Waals surface area contributed by atoms with Gasteiger partial charge in [0.15, 0.2) is 0 Å². The summed E-state index contributed by atoms with van der Waals surface area (Å²) in [4.78, 5) is 16.9. The van der Waals surface area contributed by atoms with Crippen molar-refractivity contribution in [2.24, 2.45) is 0 Å². The molecule has 3 rings (SSSR count). The van der Waals surface area contributed by atoms with E-state index in [2.05, 4.69) is 22.0 Å². The summed E-state index contributed by atoms with van der Waals surface area (Å²) in [7, 11) is 0. The number of hydrogen-bond donors (Lipinski definition) is 1. The number of nitrogens with one attached hydrogen (secondary N) is 1. The van der Waals surface area contributed by atoms with E-state index in [0.717, 1.165) is 44.2 Å². The monoisotopic (exact) mass is 319 g/mol. The Morgan fingerprint density at radius 3 is 2.82 bits per heavy atom. The van der Waals surface area contributed by atoms with Gasteiger partial charge in [0.25, 0.3) is 0 Å². The second-order valence-corrected chi connectivity index (χ2v) is 7.19. The lowest BCUT2D eigenvalue weighted by atomic mass is 10.2. The normalized spacial score (nSPS) is 23.3. The van der Waals surface area contributed by atoms with Gasteiger partial charge in [-0.1, -0.05) is 30.3 Å². The zero-order valence-corrected chi connectivity index (χ0v) is 13.9. The molecule has 2 heterocycles. The number of rotatable bonds is 3. The number of amides is 2. The molecule has 0 aliphatic carbocycles. The van der Waals surface area contributed by atoms with Gasteiger partial charge in [-0.05, 0) is 24.2 Å². The van der Waals surface area contributed by atoms with Crippen LogP contribution >= 0.6 is 11.8 Å². The number of hydrogen-bond acceptors (Lipinski definition) is 3. The predicted molar refractivity (Wildman–Crippen MR) is 92.2 cm³/mol. The quantitative estimate of drug-likeness (QED) is 0.929. The highest BCUT2D eigenvalue weighted by Crippen LogP contribution is 2.23. The zero-order valence-electron chi connectivity index (χ0n) is 13.0. The van der Waals surface area contributed by atoms with Crippen LogP contribution in [-0.2, 0) is 6.54 Å². The van der Waals surface area contributed by atoms with Gasteiger partial charge in [0.2, 0.25) is 0 Å². The van der Waals surface area contributed by atoms with Gasteiger partial charge < -0.3 is 10.2 Å². The van der Waals surface area contributed by atoms with Crippen molar-refractivity contribution in [3.63, 3.8) is 0 Å². The Morgan fingerprint density at radius 2 is 2.05 bits per heavy atom. The van der Waals surface area contributed by atoms with Crippen LogP contribution in [0.1, 0.15) is 18.4 Å². The summed E-state index contributed by atoms with van der Waals surface area (Å²) in [6.45, 7) is 4.48. The van der Waals surface area contributed by atoms with Crippen molar-refractivity contribution < 1.29 is 4.79 Å². The van der Waals surface area contributed by atoms with Crippen LogP contribution in [0.3, 0.4) is 0 Å². The van der Waals surface area contributed by atoms with Crippen LogP contribution in [0.15, 0.2) is 30.3 Å². The van der Waals surface area contributed by atoms with Gasteiger partial charge in [0, 0.05) is 44.5 Å². The molecule has 1 aromatic rings. The maximum absolute atomic E-state index is 12.3. The summed E-state index contributed by atoms with van der Waals surface area (Å²) in [6, 6.07) is 10.9. The average molecular weight is 319 g/mol. The van der Waals surface area contributed by atoms with E-state index < -0.39 is 0 Å². The topological polar surface area (TPSA) is 35.6 Å². The highest BCUT2D eigenvalue weighted by molar-refractivity contribution is 7.99. The van der Waals surface area contributed by atoms with E-state index in [1.54, 1.807) is 0 Å². The van der Waals surface area contributed by atoms with Gasteiger partial charge >= 0.3 is 6.03 Å². The fourth-order valence-corrected chi connectivity index (χ4v) is 4.46. The maximum atomic E-state index is 12.3. The minimum absolute atomic E-state index is 0.0755. The van der Waals surface area contributed by atoms with Crippen LogP contribution in [-0.4, -0.2) is 59.6 Å². The van der Waals surface area contributed by atoms with Crippen molar-refractivity contribution >= 4 is 17.8 Å². The Balaban J connectivity index is 1.46. The highest BCUT2D eigenvalue weighted by atomic mass is 32.2. The highest BCUT2D eigenvalue weighted by Gasteiger charge is 2.26. The van der Waals surface area contributed by atoms with Crippen LogP contribution in [0.2, 0.25) is 0 Å².